The predicted octanol–water partition coefficient (Wildman–Crippen LogP) is 3.90. The van der Waals surface area contributed by atoms with Gasteiger partial charge in [0.25, 0.3) is 0 Å². The zero-order valence-electron chi connectivity index (χ0n) is 10.6. The van der Waals surface area contributed by atoms with Gasteiger partial charge in [-0.2, -0.15) is 0 Å². The van der Waals surface area contributed by atoms with Gasteiger partial charge in [0, 0.05) is 0 Å². The SMILES string of the molecule is C=CC[C@H](O[C@@H](C)C=C)c1ccc(OC)cc1. The molecule has 0 radical (unpaired) electrons. The summed E-state index contributed by atoms with van der Waals surface area (Å²) in [6, 6.07) is 7.91. The Balaban J connectivity index is 2.80. The van der Waals surface area contributed by atoms with Crippen molar-refractivity contribution in [3.05, 3.63) is 55.1 Å². The van der Waals surface area contributed by atoms with Crippen LogP contribution in [0.25, 0.3) is 0 Å². The first kappa shape index (κ1) is 13.5. The fourth-order valence-electron chi connectivity index (χ4n) is 1.55. The lowest BCUT2D eigenvalue weighted by Gasteiger charge is -2.20. The van der Waals surface area contributed by atoms with Crippen LogP contribution in [-0.2, 0) is 4.74 Å². The summed E-state index contributed by atoms with van der Waals surface area (Å²) in [6.45, 7) is 9.47. The summed E-state index contributed by atoms with van der Waals surface area (Å²) >= 11 is 0. The molecule has 1 aromatic rings. The number of ether oxygens (including phenoxy) is 2. The lowest BCUT2D eigenvalue weighted by Crippen LogP contribution is -2.11. The molecule has 0 aliphatic rings. The summed E-state index contributed by atoms with van der Waals surface area (Å²) in [4.78, 5) is 0. The van der Waals surface area contributed by atoms with Crippen LogP contribution in [0.2, 0.25) is 0 Å². The minimum Gasteiger partial charge on any atom is -0.497 e. The first-order chi connectivity index (χ1) is 8.21. The first-order valence-electron chi connectivity index (χ1n) is 5.74. The maximum Gasteiger partial charge on any atom is 0.118 e. The van der Waals surface area contributed by atoms with Gasteiger partial charge in [0.2, 0.25) is 0 Å². The molecule has 0 heterocycles. The molecule has 1 aromatic carbocycles. The molecule has 2 nitrogen and oxygen atoms in total. The van der Waals surface area contributed by atoms with Crippen LogP contribution in [0.4, 0.5) is 0 Å². The van der Waals surface area contributed by atoms with Crippen LogP contribution in [0.15, 0.2) is 49.6 Å². The third kappa shape index (κ3) is 4.08. The fraction of sp³-hybridized carbons (Fsp3) is 0.333. The summed E-state index contributed by atoms with van der Waals surface area (Å²) in [5.41, 5.74) is 1.12. The van der Waals surface area contributed by atoms with E-state index in [1.807, 2.05) is 37.3 Å². The van der Waals surface area contributed by atoms with Crippen molar-refractivity contribution in [2.24, 2.45) is 0 Å². The van der Waals surface area contributed by atoms with E-state index < -0.39 is 0 Å². The minimum atomic E-state index is 0.0198. The lowest BCUT2D eigenvalue weighted by molar-refractivity contribution is 0.0237. The Bertz CT molecular complexity index is 354. The highest BCUT2D eigenvalue weighted by Gasteiger charge is 2.12. The molecule has 0 amide bonds. The zero-order chi connectivity index (χ0) is 12.7. The van der Waals surface area contributed by atoms with E-state index in [0.717, 1.165) is 17.7 Å². The molecule has 0 spiro atoms. The molecule has 1 rings (SSSR count). The normalized spacial score (nSPS) is 13.8. The second-order valence-electron chi connectivity index (χ2n) is 3.86. The molecule has 0 aromatic heterocycles. The molecule has 17 heavy (non-hydrogen) atoms. The summed E-state index contributed by atoms with van der Waals surface area (Å²) in [5.74, 6) is 0.850. The average Bonchev–Trinajstić information content (AvgIpc) is 2.38. The summed E-state index contributed by atoms with van der Waals surface area (Å²) < 4.78 is 11.0. The summed E-state index contributed by atoms with van der Waals surface area (Å²) in [6.07, 6.45) is 4.49. The second kappa shape index (κ2) is 6.92. The standard InChI is InChI=1S/C15H20O2/c1-5-7-15(17-12(3)6-2)13-8-10-14(16-4)11-9-13/h5-6,8-12,15H,1-2,7H2,3-4H3/t12-,15-/m0/s1. The van der Waals surface area contributed by atoms with Gasteiger partial charge in [0.15, 0.2) is 0 Å². The Hall–Kier alpha value is -1.54. The molecule has 2 heteroatoms. The van der Waals surface area contributed by atoms with Gasteiger partial charge in [0.1, 0.15) is 5.75 Å². The average molecular weight is 232 g/mol. The Morgan fingerprint density at radius 3 is 2.35 bits per heavy atom. The van der Waals surface area contributed by atoms with Gasteiger partial charge in [-0.3, -0.25) is 0 Å². The molecule has 0 N–H and O–H groups in total. The van der Waals surface area contributed by atoms with Crippen molar-refractivity contribution in [1.29, 1.82) is 0 Å². The van der Waals surface area contributed by atoms with Crippen LogP contribution < -0.4 is 4.74 Å². The monoisotopic (exact) mass is 232 g/mol. The molecule has 0 aliphatic carbocycles. The molecular weight excluding hydrogens is 212 g/mol. The van der Waals surface area contributed by atoms with Crippen LogP contribution in [0.5, 0.6) is 5.75 Å². The van der Waals surface area contributed by atoms with E-state index in [9.17, 15) is 0 Å². The Labute approximate surface area is 104 Å². The highest BCUT2D eigenvalue weighted by atomic mass is 16.5. The van der Waals surface area contributed by atoms with Crippen molar-refractivity contribution in [3.63, 3.8) is 0 Å². The molecule has 92 valence electrons. The minimum absolute atomic E-state index is 0.0198. The Morgan fingerprint density at radius 2 is 1.88 bits per heavy atom. The number of hydrogen-bond acceptors (Lipinski definition) is 2. The van der Waals surface area contributed by atoms with Crippen molar-refractivity contribution in [2.75, 3.05) is 7.11 Å². The van der Waals surface area contributed by atoms with E-state index in [2.05, 4.69) is 13.2 Å². The van der Waals surface area contributed by atoms with E-state index in [1.54, 1.807) is 13.2 Å². The molecule has 0 saturated carbocycles. The topological polar surface area (TPSA) is 18.5 Å². The lowest BCUT2D eigenvalue weighted by atomic mass is 10.1. The summed E-state index contributed by atoms with van der Waals surface area (Å²) in [5, 5.41) is 0. The van der Waals surface area contributed by atoms with Gasteiger partial charge < -0.3 is 9.47 Å². The fourth-order valence-corrected chi connectivity index (χ4v) is 1.55. The van der Waals surface area contributed by atoms with Crippen molar-refractivity contribution < 1.29 is 9.47 Å². The van der Waals surface area contributed by atoms with Crippen LogP contribution >= 0.6 is 0 Å². The van der Waals surface area contributed by atoms with Crippen LogP contribution in [0.3, 0.4) is 0 Å². The number of methoxy groups -OCH3 is 1. The second-order valence-corrected chi connectivity index (χ2v) is 3.86. The maximum atomic E-state index is 5.87. The van der Waals surface area contributed by atoms with Crippen molar-refractivity contribution in [1.82, 2.24) is 0 Å². The van der Waals surface area contributed by atoms with Gasteiger partial charge in [-0.05, 0) is 31.0 Å². The molecule has 0 saturated heterocycles. The molecule has 0 unspecified atom stereocenters. The molecular formula is C15H20O2. The largest absolute Gasteiger partial charge is 0.497 e. The highest BCUT2D eigenvalue weighted by molar-refractivity contribution is 5.28. The van der Waals surface area contributed by atoms with Gasteiger partial charge >= 0.3 is 0 Å². The molecule has 0 bridgehead atoms. The van der Waals surface area contributed by atoms with E-state index >= 15 is 0 Å². The van der Waals surface area contributed by atoms with Crippen LogP contribution in [0.1, 0.15) is 25.0 Å². The number of hydrogen-bond donors (Lipinski definition) is 0. The van der Waals surface area contributed by atoms with E-state index in [1.165, 1.54) is 0 Å². The third-order valence-corrected chi connectivity index (χ3v) is 2.58. The molecule has 0 aliphatic heterocycles. The molecule has 2 atom stereocenters. The van der Waals surface area contributed by atoms with Gasteiger partial charge in [-0.15, -0.1) is 13.2 Å². The quantitative estimate of drug-likeness (QED) is 0.664. The van der Waals surface area contributed by atoms with Crippen molar-refractivity contribution in [3.8, 4) is 5.75 Å². The van der Waals surface area contributed by atoms with Gasteiger partial charge in [-0.1, -0.05) is 24.3 Å². The number of benzene rings is 1. The van der Waals surface area contributed by atoms with Gasteiger partial charge in [-0.25, -0.2) is 0 Å². The van der Waals surface area contributed by atoms with Crippen LogP contribution in [-0.4, -0.2) is 13.2 Å². The van der Waals surface area contributed by atoms with E-state index in [4.69, 9.17) is 9.47 Å². The molecule has 0 fully saturated rings. The zero-order valence-corrected chi connectivity index (χ0v) is 10.6. The highest BCUT2D eigenvalue weighted by Crippen LogP contribution is 2.25. The maximum absolute atomic E-state index is 5.87. The third-order valence-electron chi connectivity index (χ3n) is 2.58. The Kier molecular flexibility index (Phi) is 5.50. The van der Waals surface area contributed by atoms with Gasteiger partial charge in [0.05, 0.1) is 19.3 Å². The van der Waals surface area contributed by atoms with E-state index in [0.29, 0.717) is 0 Å². The first-order valence-corrected chi connectivity index (χ1v) is 5.74. The smallest absolute Gasteiger partial charge is 0.118 e. The van der Waals surface area contributed by atoms with Crippen molar-refractivity contribution in [2.45, 2.75) is 25.6 Å². The van der Waals surface area contributed by atoms with E-state index in [-0.39, 0.29) is 12.2 Å². The van der Waals surface area contributed by atoms with Crippen LogP contribution in [0, 0.1) is 0 Å². The Morgan fingerprint density at radius 1 is 1.24 bits per heavy atom. The predicted molar refractivity (Wildman–Crippen MR) is 71.3 cm³/mol. The van der Waals surface area contributed by atoms with Crippen molar-refractivity contribution >= 4 is 0 Å². The number of rotatable bonds is 7. The summed E-state index contributed by atoms with van der Waals surface area (Å²) in [7, 11) is 1.66.